The van der Waals surface area contributed by atoms with Gasteiger partial charge < -0.3 is 15.0 Å². The van der Waals surface area contributed by atoms with Crippen molar-refractivity contribution < 1.29 is 9.53 Å². The third-order valence-electron chi connectivity index (χ3n) is 3.68. The first-order chi connectivity index (χ1) is 10.8. The summed E-state index contributed by atoms with van der Waals surface area (Å²) in [5.41, 5.74) is 0.797. The van der Waals surface area contributed by atoms with E-state index in [1.54, 1.807) is 19.4 Å². The highest BCUT2D eigenvalue weighted by atomic mass is 16.5. The Hall–Kier alpha value is -2.63. The molecular weight excluding hydrogens is 280 g/mol. The number of nitrogens with zero attached hydrogens (tertiary/aromatic N) is 3. The van der Waals surface area contributed by atoms with Crippen LogP contribution in [-0.4, -0.2) is 35.6 Å². The van der Waals surface area contributed by atoms with Gasteiger partial charge in [-0.3, -0.25) is 4.79 Å². The van der Waals surface area contributed by atoms with E-state index < -0.39 is 0 Å². The summed E-state index contributed by atoms with van der Waals surface area (Å²) < 4.78 is 5.13. The molecular formula is C16H18N4O2. The Bertz CT molecular complexity index is 648. The minimum Gasteiger partial charge on any atom is -0.481 e. The van der Waals surface area contributed by atoms with Gasteiger partial charge in [-0.1, -0.05) is 18.2 Å². The number of nitrogens with one attached hydrogen (secondary N) is 1. The summed E-state index contributed by atoms with van der Waals surface area (Å²) in [7, 11) is 1.57. The molecule has 1 atom stereocenters. The first-order valence-electron chi connectivity index (χ1n) is 7.27. The molecule has 1 amide bonds. The standard InChI is InChI=1S/C16H18N4O2/c1-22-14-9-10-17-16(19-14)20-11-5-8-13(20)15(21)18-12-6-3-2-4-7-12/h2-4,6-7,9-10,13H,5,8,11H2,1H3,(H,18,21). The van der Waals surface area contributed by atoms with Crippen LogP contribution in [0.5, 0.6) is 5.88 Å². The second kappa shape index (κ2) is 6.43. The zero-order valence-electron chi connectivity index (χ0n) is 12.4. The van der Waals surface area contributed by atoms with E-state index in [0.717, 1.165) is 25.1 Å². The normalized spacial score (nSPS) is 17.3. The highest BCUT2D eigenvalue weighted by Gasteiger charge is 2.32. The van der Waals surface area contributed by atoms with Crippen LogP contribution >= 0.6 is 0 Å². The van der Waals surface area contributed by atoms with Crippen LogP contribution < -0.4 is 15.0 Å². The first kappa shape index (κ1) is 14.3. The minimum atomic E-state index is -0.257. The first-order valence-corrected chi connectivity index (χ1v) is 7.27. The number of anilines is 2. The molecule has 1 aliphatic heterocycles. The van der Waals surface area contributed by atoms with Gasteiger partial charge in [-0.05, 0) is 25.0 Å². The third kappa shape index (κ3) is 3.00. The number of hydrogen-bond acceptors (Lipinski definition) is 5. The number of rotatable bonds is 4. The Kier molecular flexibility index (Phi) is 4.18. The molecule has 114 valence electrons. The fraction of sp³-hybridized carbons (Fsp3) is 0.312. The molecule has 0 radical (unpaired) electrons. The number of carbonyl (C=O) groups is 1. The van der Waals surface area contributed by atoms with Gasteiger partial charge in [0.05, 0.1) is 7.11 Å². The number of hydrogen-bond donors (Lipinski definition) is 1. The molecule has 0 spiro atoms. The molecule has 1 aromatic heterocycles. The molecule has 0 aliphatic carbocycles. The SMILES string of the molecule is COc1ccnc(N2CCCC2C(=O)Nc2ccccc2)n1. The fourth-order valence-electron chi connectivity index (χ4n) is 2.61. The van der Waals surface area contributed by atoms with Gasteiger partial charge in [0.15, 0.2) is 0 Å². The van der Waals surface area contributed by atoms with Gasteiger partial charge in [-0.25, -0.2) is 4.98 Å². The number of amides is 1. The van der Waals surface area contributed by atoms with E-state index in [2.05, 4.69) is 15.3 Å². The largest absolute Gasteiger partial charge is 0.481 e. The second-order valence-corrected chi connectivity index (χ2v) is 5.11. The molecule has 6 heteroatoms. The average molecular weight is 298 g/mol. The zero-order chi connectivity index (χ0) is 15.4. The van der Waals surface area contributed by atoms with Crippen LogP contribution in [0.2, 0.25) is 0 Å². The Balaban J connectivity index is 1.76. The Morgan fingerprint density at radius 1 is 1.32 bits per heavy atom. The van der Waals surface area contributed by atoms with Crippen molar-refractivity contribution in [1.82, 2.24) is 9.97 Å². The van der Waals surface area contributed by atoms with E-state index in [4.69, 9.17) is 4.74 Å². The van der Waals surface area contributed by atoms with Crippen LogP contribution in [0.1, 0.15) is 12.8 Å². The van der Waals surface area contributed by atoms with Gasteiger partial charge in [0.1, 0.15) is 6.04 Å². The van der Waals surface area contributed by atoms with Crippen LogP contribution in [0.15, 0.2) is 42.6 Å². The predicted molar refractivity (Wildman–Crippen MR) is 84.0 cm³/mol. The highest BCUT2D eigenvalue weighted by Crippen LogP contribution is 2.24. The molecule has 22 heavy (non-hydrogen) atoms. The lowest BCUT2D eigenvalue weighted by Crippen LogP contribution is -2.40. The topological polar surface area (TPSA) is 67.3 Å². The summed E-state index contributed by atoms with van der Waals surface area (Å²) in [4.78, 5) is 23.0. The van der Waals surface area contributed by atoms with Gasteiger partial charge in [0.25, 0.3) is 0 Å². The molecule has 1 unspecified atom stereocenters. The maximum absolute atomic E-state index is 12.5. The van der Waals surface area contributed by atoms with Crippen LogP contribution in [0.4, 0.5) is 11.6 Å². The summed E-state index contributed by atoms with van der Waals surface area (Å²) in [6.45, 7) is 0.764. The number of aromatic nitrogens is 2. The number of methoxy groups -OCH3 is 1. The van der Waals surface area contributed by atoms with Gasteiger partial charge in [-0.2, -0.15) is 4.98 Å². The molecule has 1 saturated heterocycles. The van der Waals surface area contributed by atoms with Crippen molar-refractivity contribution >= 4 is 17.5 Å². The maximum atomic E-state index is 12.5. The highest BCUT2D eigenvalue weighted by molar-refractivity contribution is 5.97. The lowest BCUT2D eigenvalue weighted by molar-refractivity contribution is -0.117. The van der Waals surface area contributed by atoms with Crippen molar-refractivity contribution in [3.8, 4) is 5.88 Å². The fourth-order valence-corrected chi connectivity index (χ4v) is 2.61. The van der Waals surface area contributed by atoms with E-state index in [-0.39, 0.29) is 11.9 Å². The number of benzene rings is 1. The third-order valence-corrected chi connectivity index (χ3v) is 3.68. The molecule has 0 saturated carbocycles. The monoisotopic (exact) mass is 298 g/mol. The van der Waals surface area contributed by atoms with Crippen molar-refractivity contribution in [3.63, 3.8) is 0 Å². The van der Waals surface area contributed by atoms with E-state index >= 15 is 0 Å². The smallest absolute Gasteiger partial charge is 0.247 e. The van der Waals surface area contributed by atoms with E-state index in [1.165, 1.54) is 0 Å². The Morgan fingerprint density at radius 2 is 2.14 bits per heavy atom. The average Bonchev–Trinajstić information content (AvgIpc) is 3.05. The summed E-state index contributed by atoms with van der Waals surface area (Å²) in [6, 6.07) is 10.9. The van der Waals surface area contributed by atoms with Crippen molar-refractivity contribution in [3.05, 3.63) is 42.6 Å². The summed E-state index contributed by atoms with van der Waals surface area (Å²) in [5.74, 6) is 0.999. The lowest BCUT2D eigenvalue weighted by atomic mass is 10.2. The Morgan fingerprint density at radius 3 is 2.91 bits per heavy atom. The van der Waals surface area contributed by atoms with Crippen LogP contribution in [0.3, 0.4) is 0 Å². The molecule has 1 N–H and O–H groups in total. The number of ether oxygens (including phenoxy) is 1. The van der Waals surface area contributed by atoms with Crippen LogP contribution in [0, 0.1) is 0 Å². The quantitative estimate of drug-likeness (QED) is 0.936. The summed E-state index contributed by atoms with van der Waals surface area (Å²) in [5, 5.41) is 2.94. The number of para-hydroxylation sites is 1. The number of carbonyl (C=O) groups excluding carboxylic acids is 1. The molecule has 1 fully saturated rings. The van der Waals surface area contributed by atoms with Crippen molar-refractivity contribution in [1.29, 1.82) is 0 Å². The van der Waals surface area contributed by atoms with Crippen molar-refractivity contribution in [2.45, 2.75) is 18.9 Å². The van der Waals surface area contributed by atoms with Crippen LogP contribution in [-0.2, 0) is 4.79 Å². The van der Waals surface area contributed by atoms with Crippen molar-refractivity contribution in [2.24, 2.45) is 0 Å². The van der Waals surface area contributed by atoms with Gasteiger partial charge >= 0.3 is 0 Å². The summed E-state index contributed by atoms with van der Waals surface area (Å²) in [6.07, 6.45) is 3.37. The molecule has 1 aliphatic rings. The molecule has 6 nitrogen and oxygen atoms in total. The van der Waals surface area contributed by atoms with Gasteiger partial charge in [0.2, 0.25) is 17.7 Å². The van der Waals surface area contributed by atoms with Gasteiger partial charge in [-0.15, -0.1) is 0 Å². The zero-order valence-corrected chi connectivity index (χ0v) is 12.4. The van der Waals surface area contributed by atoms with E-state index in [0.29, 0.717) is 11.8 Å². The lowest BCUT2D eigenvalue weighted by Gasteiger charge is -2.23. The summed E-state index contributed by atoms with van der Waals surface area (Å²) >= 11 is 0. The molecule has 0 bridgehead atoms. The van der Waals surface area contributed by atoms with Crippen molar-refractivity contribution in [2.75, 3.05) is 23.9 Å². The van der Waals surface area contributed by atoms with Crippen LogP contribution in [0.25, 0.3) is 0 Å². The predicted octanol–water partition coefficient (Wildman–Crippen LogP) is 2.09. The Labute approximate surface area is 129 Å². The van der Waals surface area contributed by atoms with E-state index in [9.17, 15) is 4.79 Å². The molecule has 2 aromatic rings. The van der Waals surface area contributed by atoms with Gasteiger partial charge in [0, 0.05) is 24.5 Å². The molecule has 2 heterocycles. The second-order valence-electron chi connectivity index (χ2n) is 5.11. The van der Waals surface area contributed by atoms with E-state index in [1.807, 2.05) is 35.2 Å². The molecule has 3 rings (SSSR count). The maximum Gasteiger partial charge on any atom is 0.247 e. The minimum absolute atomic E-state index is 0.0323. The molecule has 1 aromatic carbocycles.